The van der Waals surface area contributed by atoms with Gasteiger partial charge in [-0.1, -0.05) is 20.8 Å². The monoisotopic (exact) mass is 575 g/mol. The number of ether oxygens (including phenoxy) is 2. The van der Waals surface area contributed by atoms with E-state index in [-0.39, 0.29) is 23.2 Å². The van der Waals surface area contributed by atoms with Crippen molar-refractivity contribution in [2.75, 3.05) is 19.7 Å². The van der Waals surface area contributed by atoms with Crippen LogP contribution in [0.25, 0.3) is 0 Å². The van der Waals surface area contributed by atoms with Crippen LogP contribution in [0, 0.1) is 58.7 Å². The third-order valence-electron chi connectivity index (χ3n) is 14.0. The normalized spacial score (nSPS) is 57.2. The Morgan fingerprint density at radius 3 is 2.46 bits per heavy atom. The van der Waals surface area contributed by atoms with Gasteiger partial charge in [0, 0.05) is 32.0 Å². The SMILES string of the molecule is C[C@H]1CC[C@H]2[C@H](C)[C@H]3CC[C@@H]4[C@@H](C[C@H]5[C@H]4CC(O[C@@H]4O[C@H](CO)[C@@H](O)[C@H](O)[C@H]4O)[C@@H]4CC(=O)CC[C@@]45C)[C@@H]3CN2C1. The van der Waals surface area contributed by atoms with E-state index in [1.807, 2.05) is 0 Å². The third-order valence-corrected chi connectivity index (χ3v) is 14.0. The molecule has 3 aliphatic heterocycles. The predicted octanol–water partition coefficient (Wildman–Crippen LogP) is 2.60. The first-order chi connectivity index (χ1) is 19.6. The molecule has 7 rings (SSSR count). The molecular formula is C33H53NO7. The lowest BCUT2D eigenvalue weighted by Gasteiger charge is -2.57. The van der Waals surface area contributed by atoms with Gasteiger partial charge in [0.2, 0.25) is 0 Å². The molecule has 0 aromatic heterocycles. The van der Waals surface area contributed by atoms with Crippen molar-refractivity contribution in [2.24, 2.45) is 58.7 Å². The number of piperidine rings is 2. The molecule has 0 aromatic carbocycles. The topological polar surface area (TPSA) is 120 Å². The summed E-state index contributed by atoms with van der Waals surface area (Å²) in [5.41, 5.74) is -0.00901. The molecule has 0 bridgehead atoms. The zero-order chi connectivity index (χ0) is 28.8. The second-order valence-corrected chi connectivity index (χ2v) is 15.8. The van der Waals surface area contributed by atoms with Crippen molar-refractivity contribution in [1.29, 1.82) is 0 Å². The van der Waals surface area contributed by atoms with Crippen molar-refractivity contribution in [3.63, 3.8) is 0 Å². The average Bonchev–Trinajstić information content (AvgIpc) is 3.34. The van der Waals surface area contributed by atoms with Crippen LogP contribution in [0.2, 0.25) is 0 Å². The Morgan fingerprint density at radius 1 is 0.902 bits per heavy atom. The third kappa shape index (κ3) is 4.60. The second kappa shape index (κ2) is 10.8. The highest BCUT2D eigenvalue weighted by molar-refractivity contribution is 5.79. The van der Waals surface area contributed by atoms with Crippen LogP contribution in [0.1, 0.15) is 78.6 Å². The van der Waals surface area contributed by atoms with Crippen molar-refractivity contribution in [1.82, 2.24) is 4.90 Å². The van der Waals surface area contributed by atoms with E-state index in [2.05, 4.69) is 25.7 Å². The maximum absolute atomic E-state index is 12.8. The number of rotatable bonds is 3. The van der Waals surface area contributed by atoms with Crippen molar-refractivity contribution >= 4 is 5.78 Å². The molecule has 232 valence electrons. The fourth-order valence-corrected chi connectivity index (χ4v) is 11.9. The molecule has 41 heavy (non-hydrogen) atoms. The molecule has 0 aromatic rings. The summed E-state index contributed by atoms with van der Waals surface area (Å²) >= 11 is 0. The first-order valence-electron chi connectivity index (χ1n) is 16.8. The van der Waals surface area contributed by atoms with E-state index >= 15 is 0 Å². The lowest BCUT2D eigenvalue weighted by molar-refractivity contribution is -0.323. The minimum Gasteiger partial charge on any atom is -0.394 e. The molecule has 7 aliphatic rings. The number of carbonyl (C=O) groups is 1. The summed E-state index contributed by atoms with van der Waals surface area (Å²) in [7, 11) is 0. The maximum Gasteiger partial charge on any atom is 0.186 e. The van der Waals surface area contributed by atoms with Gasteiger partial charge in [-0.05, 0) is 104 Å². The Bertz CT molecular complexity index is 991. The van der Waals surface area contributed by atoms with Crippen molar-refractivity contribution in [2.45, 2.75) is 121 Å². The van der Waals surface area contributed by atoms with Crippen LogP contribution in [-0.4, -0.2) is 93.7 Å². The average molecular weight is 576 g/mol. The molecule has 3 saturated heterocycles. The molecule has 1 unspecified atom stereocenters. The molecular weight excluding hydrogens is 522 g/mol. The number of nitrogens with zero attached hydrogens (tertiary/aromatic N) is 1. The molecule has 8 nitrogen and oxygen atoms in total. The Labute approximate surface area is 245 Å². The summed E-state index contributed by atoms with van der Waals surface area (Å²) in [6.45, 7) is 9.41. The van der Waals surface area contributed by atoms with E-state index in [1.165, 1.54) is 45.2 Å². The smallest absolute Gasteiger partial charge is 0.186 e. The van der Waals surface area contributed by atoms with Crippen LogP contribution in [-0.2, 0) is 14.3 Å². The Morgan fingerprint density at radius 2 is 1.68 bits per heavy atom. The van der Waals surface area contributed by atoms with Crippen molar-refractivity contribution in [3.05, 3.63) is 0 Å². The zero-order valence-corrected chi connectivity index (χ0v) is 25.2. The fourth-order valence-electron chi connectivity index (χ4n) is 11.9. The van der Waals surface area contributed by atoms with E-state index in [4.69, 9.17) is 9.47 Å². The highest BCUT2D eigenvalue weighted by atomic mass is 16.7. The van der Waals surface area contributed by atoms with Gasteiger partial charge >= 0.3 is 0 Å². The molecule has 7 fully saturated rings. The van der Waals surface area contributed by atoms with E-state index in [0.29, 0.717) is 30.6 Å². The number of fused-ring (bicyclic) bond motifs is 8. The Balaban J connectivity index is 1.15. The molecule has 0 spiro atoms. The summed E-state index contributed by atoms with van der Waals surface area (Å²) < 4.78 is 12.4. The summed E-state index contributed by atoms with van der Waals surface area (Å²) in [5.74, 6) is 5.98. The largest absolute Gasteiger partial charge is 0.394 e. The highest BCUT2D eigenvalue weighted by Crippen LogP contribution is 2.67. The van der Waals surface area contributed by atoms with Gasteiger partial charge in [0.05, 0.1) is 12.7 Å². The number of aliphatic hydroxyl groups excluding tert-OH is 4. The molecule has 4 aliphatic carbocycles. The van der Waals surface area contributed by atoms with Gasteiger partial charge < -0.3 is 29.9 Å². The van der Waals surface area contributed by atoms with Crippen LogP contribution in [0.5, 0.6) is 0 Å². The minimum atomic E-state index is -1.46. The number of hydrogen-bond acceptors (Lipinski definition) is 8. The van der Waals surface area contributed by atoms with Gasteiger partial charge in [0.15, 0.2) is 6.29 Å². The molecule has 0 amide bonds. The quantitative estimate of drug-likeness (QED) is 0.406. The summed E-state index contributed by atoms with van der Waals surface area (Å²) in [5, 5.41) is 41.2. The standard InChI is InChI=1S/C33H53NO7/c1-16-4-7-26-17(2)19-5-6-20-21(23(19)14-34(26)13-16)11-24-22(20)12-27(25-10-18(36)8-9-33(24,25)3)40-32-31(39)30(38)29(37)28(15-35)41-32/h16-17,19-32,35,37-39H,4-15H2,1-3H3/t16-,17+,19+,20+,21+,22-,23+,24-,25-,26-,27?,28+,29+,30-,31+,32+,33+/m0/s1. The maximum atomic E-state index is 12.8. The van der Waals surface area contributed by atoms with Gasteiger partial charge in [0.25, 0.3) is 0 Å². The Hall–Kier alpha value is -0.610. The first kappa shape index (κ1) is 29.1. The lowest BCUT2D eigenvalue weighted by atomic mass is 9.51. The van der Waals surface area contributed by atoms with Crippen LogP contribution in [0.4, 0.5) is 0 Å². The highest BCUT2D eigenvalue weighted by Gasteiger charge is 2.63. The minimum absolute atomic E-state index is 0.00901. The van der Waals surface area contributed by atoms with Gasteiger partial charge in [-0.15, -0.1) is 0 Å². The summed E-state index contributed by atoms with van der Waals surface area (Å²) in [4.78, 5) is 15.7. The van der Waals surface area contributed by atoms with Crippen LogP contribution in [0.3, 0.4) is 0 Å². The van der Waals surface area contributed by atoms with Crippen LogP contribution >= 0.6 is 0 Å². The molecule has 4 saturated carbocycles. The molecule has 3 heterocycles. The lowest BCUT2D eigenvalue weighted by Crippen LogP contribution is -2.61. The Kier molecular flexibility index (Phi) is 7.66. The number of carbonyl (C=O) groups excluding carboxylic acids is 1. The van der Waals surface area contributed by atoms with Gasteiger partial charge in [0.1, 0.15) is 30.2 Å². The van der Waals surface area contributed by atoms with E-state index in [0.717, 1.165) is 48.5 Å². The molecule has 8 heteroatoms. The summed E-state index contributed by atoms with van der Waals surface area (Å²) in [6.07, 6.45) is 2.81. The molecule has 0 radical (unpaired) electrons. The fraction of sp³-hybridized carbons (Fsp3) is 0.970. The van der Waals surface area contributed by atoms with Crippen LogP contribution < -0.4 is 0 Å². The first-order valence-corrected chi connectivity index (χ1v) is 16.8. The zero-order valence-electron chi connectivity index (χ0n) is 25.2. The number of Topliss-reactive ketones (excluding diaryl/α,β-unsaturated/α-hetero) is 1. The second-order valence-electron chi connectivity index (χ2n) is 15.8. The molecule has 4 N–H and O–H groups in total. The van der Waals surface area contributed by atoms with Crippen molar-refractivity contribution in [3.8, 4) is 0 Å². The van der Waals surface area contributed by atoms with E-state index in [1.54, 1.807) is 0 Å². The van der Waals surface area contributed by atoms with E-state index < -0.39 is 37.3 Å². The van der Waals surface area contributed by atoms with Gasteiger partial charge in [-0.25, -0.2) is 0 Å². The van der Waals surface area contributed by atoms with Crippen LogP contribution in [0.15, 0.2) is 0 Å². The predicted molar refractivity (Wildman–Crippen MR) is 151 cm³/mol. The van der Waals surface area contributed by atoms with Crippen molar-refractivity contribution < 1.29 is 34.7 Å². The number of aliphatic hydroxyl groups is 4. The summed E-state index contributed by atoms with van der Waals surface area (Å²) in [6, 6.07) is 0.759. The van der Waals surface area contributed by atoms with E-state index in [9.17, 15) is 25.2 Å². The number of ketones is 1. The molecule has 17 atom stereocenters. The number of hydrogen-bond donors (Lipinski definition) is 4. The van der Waals surface area contributed by atoms with Gasteiger partial charge in [-0.3, -0.25) is 9.69 Å². The van der Waals surface area contributed by atoms with Gasteiger partial charge in [-0.2, -0.15) is 0 Å².